The molecule has 0 saturated heterocycles. The van der Waals surface area contributed by atoms with Gasteiger partial charge >= 0.3 is 12.0 Å². The Bertz CT molecular complexity index is 1280. The van der Waals surface area contributed by atoms with Crippen molar-refractivity contribution in [3.8, 4) is 0 Å². The van der Waals surface area contributed by atoms with Crippen LogP contribution in [0, 0.1) is 0 Å². The molecule has 3 N–H and O–H groups in total. The summed E-state index contributed by atoms with van der Waals surface area (Å²) in [6, 6.07) is 20.1. The first kappa shape index (κ1) is 23.3. The third-order valence-corrected chi connectivity index (χ3v) is 6.18. The number of anilines is 2. The number of hydrogen-bond donors (Lipinski definition) is 3. The Labute approximate surface area is 203 Å². The van der Waals surface area contributed by atoms with Gasteiger partial charge in [-0.05, 0) is 55.2 Å². The van der Waals surface area contributed by atoms with Gasteiger partial charge in [0.05, 0.1) is 23.9 Å². The second kappa shape index (κ2) is 9.93. The number of carbonyl (C=O) groups excluding carboxylic acids is 2. The number of esters is 1. The zero-order chi connectivity index (χ0) is 24.2. The molecule has 1 unspecified atom stereocenters. The van der Waals surface area contributed by atoms with Gasteiger partial charge in [-0.15, -0.1) is 0 Å². The first-order valence-electron chi connectivity index (χ1n) is 11.0. The number of thiocarbonyl (C=S) groups is 1. The molecule has 0 saturated carbocycles. The van der Waals surface area contributed by atoms with Crippen LogP contribution in [-0.2, 0) is 9.53 Å². The number of hydrogen-bond acceptors (Lipinski definition) is 4. The summed E-state index contributed by atoms with van der Waals surface area (Å²) >= 11 is 5.43. The van der Waals surface area contributed by atoms with Crippen LogP contribution in [0.15, 0.2) is 78.0 Å². The molecule has 0 bridgehead atoms. The molecular formula is C26H26N4O3S. The van der Waals surface area contributed by atoms with E-state index in [1.54, 1.807) is 24.0 Å². The highest BCUT2D eigenvalue weighted by Gasteiger charge is 2.33. The molecule has 3 aromatic carbocycles. The van der Waals surface area contributed by atoms with E-state index in [0.29, 0.717) is 16.4 Å². The van der Waals surface area contributed by atoms with Crippen molar-refractivity contribution >= 4 is 51.5 Å². The Kier molecular flexibility index (Phi) is 6.79. The van der Waals surface area contributed by atoms with Gasteiger partial charge in [0.15, 0.2) is 5.11 Å². The number of carbonyl (C=O) groups is 2. The summed E-state index contributed by atoms with van der Waals surface area (Å²) in [5, 5.41) is 11.5. The monoisotopic (exact) mass is 474 g/mol. The van der Waals surface area contributed by atoms with Crippen LogP contribution in [0.5, 0.6) is 0 Å². The van der Waals surface area contributed by atoms with Gasteiger partial charge in [-0.2, -0.15) is 0 Å². The van der Waals surface area contributed by atoms with Gasteiger partial charge in [0.2, 0.25) is 0 Å². The number of benzene rings is 3. The minimum atomic E-state index is -0.443. The van der Waals surface area contributed by atoms with E-state index in [-0.39, 0.29) is 18.6 Å². The van der Waals surface area contributed by atoms with Gasteiger partial charge < -0.3 is 25.6 Å². The second-order valence-electron chi connectivity index (χ2n) is 7.89. The van der Waals surface area contributed by atoms with E-state index in [1.807, 2.05) is 68.6 Å². The number of amides is 2. The molecule has 1 atom stereocenters. The van der Waals surface area contributed by atoms with Crippen molar-refractivity contribution in [1.29, 1.82) is 0 Å². The second-order valence-corrected chi connectivity index (χ2v) is 8.28. The quantitative estimate of drug-likeness (QED) is 0.349. The Morgan fingerprint density at radius 1 is 1.03 bits per heavy atom. The number of ether oxygens (including phenoxy) is 1. The Morgan fingerprint density at radius 3 is 2.47 bits per heavy atom. The molecular weight excluding hydrogens is 448 g/mol. The molecule has 174 valence electrons. The lowest BCUT2D eigenvalue weighted by Gasteiger charge is -2.35. The number of urea groups is 1. The van der Waals surface area contributed by atoms with Crippen molar-refractivity contribution in [3.63, 3.8) is 0 Å². The van der Waals surface area contributed by atoms with Crippen LogP contribution in [0.1, 0.15) is 25.5 Å². The standard InChI is InChI=1S/C26H26N4O3S/c1-4-33-24(31)22-16(2)30(3)26(34)29-23(22)18-12-14-19(15-13-18)27-25(32)28-21-11-7-9-17-8-5-6-10-20(17)21/h5-15,23H,4H2,1-3H3,(H,29,34)(H2,27,28,32). The first-order valence-corrected chi connectivity index (χ1v) is 11.4. The van der Waals surface area contributed by atoms with E-state index < -0.39 is 6.04 Å². The fourth-order valence-corrected chi connectivity index (χ4v) is 4.19. The van der Waals surface area contributed by atoms with E-state index >= 15 is 0 Å². The lowest BCUT2D eigenvalue weighted by molar-refractivity contribution is -0.139. The maximum atomic E-state index is 12.7. The van der Waals surface area contributed by atoms with Crippen LogP contribution in [0.25, 0.3) is 10.8 Å². The molecule has 2 amide bonds. The molecule has 0 fully saturated rings. The molecule has 4 rings (SSSR count). The number of allylic oxidation sites excluding steroid dienone is 1. The molecule has 0 radical (unpaired) electrons. The van der Waals surface area contributed by atoms with Crippen LogP contribution < -0.4 is 16.0 Å². The molecule has 7 nitrogen and oxygen atoms in total. The maximum Gasteiger partial charge on any atom is 0.338 e. The summed E-state index contributed by atoms with van der Waals surface area (Å²) in [7, 11) is 1.81. The lowest BCUT2D eigenvalue weighted by atomic mass is 9.95. The summed E-state index contributed by atoms with van der Waals surface area (Å²) in [6.07, 6.45) is 0. The van der Waals surface area contributed by atoms with Gasteiger partial charge in [0.1, 0.15) is 0 Å². The highest BCUT2D eigenvalue weighted by molar-refractivity contribution is 7.80. The maximum absolute atomic E-state index is 12.7. The fraction of sp³-hybridized carbons (Fsp3) is 0.192. The molecule has 8 heteroatoms. The predicted octanol–water partition coefficient (Wildman–Crippen LogP) is 5.18. The SMILES string of the molecule is CCOC(=O)C1=C(C)N(C)C(=S)NC1c1ccc(NC(=O)Nc2cccc3ccccc23)cc1. The fourth-order valence-electron chi connectivity index (χ4n) is 3.94. The van der Waals surface area contributed by atoms with Crippen LogP contribution in [0.3, 0.4) is 0 Å². The van der Waals surface area contributed by atoms with Gasteiger partial charge in [-0.1, -0.05) is 48.5 Å². The third kappa shape index (κ3) is 4.72. The minimum Gasteiger partial charge on any atom is -0.463 e. The average molecular weight is 475 g/mol. The number of fused-ring (bicyclic) bond motifs is 1. The molecule has 34 heavy (non-hydrogen) atoms. The van der Waals surface area contributed by atoms with Crippen LogP contribution in [0.2, 0.25) is 0 Å². The average Bonchev–Trinajstić information content (AvgIpc) is 2.83. The minimum absolute atomic E-state index is 0.283. The van der Waals surface area contributed by atoms with Crippen molar-refractivity contribution < 1.29 is 14.3 Å². The van der Waals surface area contributed by atoms with E-state index in [0.717, 1.165) is 27.7 Å². The van der Waals surface area contributed by atoms with Crippen molar-refractivity contribution in [1.82, 2.24) is 10.2 Å². The van der Waals surface area contributed by atoms with Crippen LogP contribution in [0.4, 0.5) is 16.2 Å². The van der Waals surface area contributed by atoms with Crippen molar-refractivity contribution in [2.75, 3.05) is 24.3 Å². The summed E-state index contributed by atoms with van der Waals surface area (Å²) < 4.78 is 5.28. The van der Waals surface area contributed by atoms with E-state index in [1.165, 1.54) is 0 Å². The summed E-state index contributed by atoms with van der Waals surface area (Å²) in [5.74, 6) is -0.386. The highest BCUT2D eigenvalue weighted by atomic mass is 32.1. The van der Waals surface area contributed by atoms with Gasteiger partial charge in [-0.3, -0.25) is 0 Å². The van der Waals surface area contributed by atoms with Crippen LogP contribution >= 0.6 is 12.2 Å². The predicted molar refractivity (Wildman–Crippen MR) is 139 cm³/mol. The molecule has 1 aliphatic heterocycles. The van der Waals surface area contributed by atoms with Crippen molar-refractivity contribution in [2.24, 2.45) is 0 Å². The Hall–Kier alpha value is -3.91. The van der Waals surface area contributed by atoms with E-state index in [9.17, 15) is 9.59 Å². The molecule has 3 aromatic rings. The summed E-state index contributed by atoms with van der Waals surface area (Å²) in [5.41, 5.74) is 3.43. The van der Waals surface area contributed by atoms with Crippen molar-refractivity contribution in [3.05, 3.63) is 83.6 Å². The molecule has 1 heterocycles. The van der Waals surface area contributed by atoms with Gasteiger partial charge in [0.25, 0.3) is 0 Å². The largest absolute Gasteiger partial charge is 0.463 e. The van der Waals surface area contributed by atoms with E-state index in [4.69, 9.17) is 17.0 Å². The van der Waals surface area contributed by atoms with Gasteiger partial charge in [-0.25, -0.2) is 9.59 Å². The zero-order valence-corrected chi connectivity index (χ0v) is 20.0. The van der Waals surface area contributed by atoms with Crippen LogP contribution in [-0.4, -0.2) is 35.7 Å². The first-order chi connectivity index (χ1) is 16.4. The number of nitrogens with one attached hydrogen (secondary N) is 3. The number of rotatable bonds is 5. The Balaban J connectivity index is 1.51. The summed E-state index contributed by atoms with van der Waals surface area (Å²) in [4.78, 5) is 27.0. The smallest absolute Gasteiger partial charge is 0.338 e. The van der Waals surface area contributed by atoms with Crippen molar-refractivity contribution in [2.45, 2.75) is 19.9 Å². The van der Waals surface area contributed by atoms with E-state index in [2.05, 4.69) is 16.0 Å². The Morgan fingerprint density at radius 2 is 1.74 bits per heavy atom. The summed E-state index contributed by atoms with van der Waals surface area (Å²) in [6.45, 7) is 3.91. The molecule has 0 aliphatic carbocycles. The topological polar surface area (TPSA) is 82.7 Å². The molecule has 0 aromatic heterocycles. The third-order valence-electron chi connectivity index (χ3n) is 5.79. The zero-order valence-electron chi connectivity index (χ0n) is 19.2. The normalized spacial score (nSPS) is 15.7. The van der Waals surface area contributed by atoms with Gasteiger partial charge in [0, 0.05) is 23.8 Å². The lowest BCUT2D eigenvalue weighted by Crippen LogP contribution is -2.46. The molecule has 1 aliphatic rings. The molecule has 0 spiro atoms. The number of nitrogens with zero attached hydrogens (tertiary/aromatic N) is 1. The highest BCUT2D eigenvalue weighted by Crippen LogP contribution is 2.31.